The number of phenolic OH excluding ortho intramolecular Hbond substituents is 1. The molecule has 1 unspecified atom stereocenters. The number of benzene rings is 1. The maximum Gasteiger partial charge on any atom is 0.407 e. The van der Waals surface area contributed by atoms with Crippen LogP contribution >= 0.6 is 0 Å². The van der Waals surface area contributed by atoms with E-state index in [-0.39, 0.29) is 11.8 Å². The van der Waals surface area contributed by atoms with Crippen molar-refractivity contribution in [1.29, 1.82) is 0 Å². The quantitative estimate of drug-likeness (QED) is 0.770. The van der Waals surface area contributed by atoms with Gasteiger partial charge in [-0.15, -0.1) is 0 Å². The van der Waals surface area contributed by atoms with Crippen molar-refractivity contribution >= 4 is 6.09 Å². The summed E-state index contributed by atoms with van der Waals surface area (Å²) in [6.07, 6.45) is 0.0230. The van der Waals surface area contributed by atoms with Gasteiger partial charge in [-0.3, -0.25) is 0 Å². The fourth-order valence-corrected chi connectivity index (χ4v) is 1.79. The third-order valence-electron chi connectivity index (χ3n) is 2.66. The smallest absolute Gasteiger partial charge is 0.407 e. The van der Waals surface area contributed by atoms with Gasteiger partial charge in [-0.05, 0) is 38.8 Å². The van der Waals surface area contributed by atoms with Gasteiger partial charge in [-0.25, -0.2) is 4.79 Å². The fourth-order valence-electron chi connectivity index (χ4n) is 1.79. The van der Waals surface area contributed by atoms with E-state index in [1.165, 1.54) is 13.2 Å². The van der Waals surface area contributed by atoms with E-state index in [9.17, 15) is 9.90 Å². The van der Waals surface area contributed by atoms with Gasteiger partial charge in [0.25, 0.3) is 0 Å². The van der Waals surface area contributed by atoms with Crippen LogP contribution in [0.5, 0.6) is 11.5 Å². The van der Waals surface area contributed by atoms with E-state index >= 15 is 0 Å². The first kappa shape index (κ1) is 17.1. The first-order valence-electron chi connectivity index (χ1n) is 6.79. The number of nitrogens with one attached hydrogen (secondary N) is 1. The maximum absolute atomic E-state index is 11.5. The van der Waals surface area contributed by atoms with Crippen LogP contribution in [0.15, 0.2) is 18.2 Å². The number of nitrogens with two attached hydrogens (primary N) is 1. The molecule has 1 aromatic rings. The van der Waals surface area contributed by atoms with Crippen molar-refractivity contribution in [3.8, 4) is 11.5 Å². The van der Waals surface area contributed by atoms with Gasteiger partial charge in [0.05, 0.1) is 7.11 Å². The zero-order valence-corrected chi connectivity index (χ0v) is 13.0. The number of amides is 1. The summed E-state index contributed by atoms with van der Waals surface area (Å²) in [5.74, 6) is 0.707. The van der Waals surface area contributed by atoms with Crippen molar-refractivity contribution in [2.45, 2.75) is 38.8 Å². The second-order valence-electron chi connectivity index (χ2n) is 5.84. The van der Waals surface area contributed by atoms with Gasteiger partial charge < -0.3 is 25.6 Å². The van der Waals surface area contributed by atoms with Gasteiger partial charge in [0.2, 0.25) is 0 Å². The predicted octanol–water partition coefficient (Wildman–Crippen LogP) is 1.80. The molecule has 6 heteroatoms. The standard InChI is InChI=1S/C15H24N2O4/c1-15(2,3)21-14(19)17-9-11(16)7-10-5-6-12(18)8-13(10)20-4/h5-6,8,11,18H,7,9,16H2,1-4H3,(H,17,19). The van der Waals surface area contributed by atoms with Gasteiger partial charge in [-0.2, -0.15) is 0 Å². The number of ether oxygens (including phenoxy) is 2. The molecule has 0 aromatic heterocycles. The minimum Gasteiger partial charge on any atom is -0.508 e. The summed E-state index contributed by atoms with van der Waals surface area (Å²) >= 11 is 0. The summed E-state index contributed by atoms with van der Waals surface area (Å²) in [6.45, 7) is 5.69. The molecule has 0 heterocycles. The Morgan fingerprint density at radius 3 is 2.67 bits per heavy atom. The Bertz CT molecular complexity index is 483. The molecule has 0 spiro atoms. The van der Waals surface area contributed by atoms with Gasteiger partial charge >= 0.3 is 6.09 Å². The van der Waals surface area contributed by atoms with Crippen LogP contribution in [0, 0.1) is 0 Å². The number of carbonyl (C=O) groups is 1. The monoisotopic (exact) mass is 296 g/mol. The molecule has 0 aliphatic heterocycles. The minimum absolute atomic E-state index is 0.135. The summed E-state index contributed by atoms with van der Waals surface area (Å²) in [4.78, 5) is 11.5. The first-order valence-corrected chi connectivity index (χ1v) is 6.79. The minimum atomic E-state index is -0.533. The first-order chi connectivity index (χ1) is 9.71. The van der Waals surface area contributed by atoms with E-state index < -0.39 is 11.7 Å². The molecule has 0 saturated carbocycles. The molecular formula is C15H24N2O4. The van der Waals surface area contributed by atoms with E-state index in [0.29, 0.717) is 18.7 Å². The van der Waals surface area contributed by atoms with E-state index in [1.807, 2.05) is 0 Å². The van der Waals surface area contributed by atoms with Crippen LogP contribution in [0.4, 0.5) is 4.79 Å². The highest BCUT2D eigenvalue weighted by Gasteiger charge is 2.17. The number of alkyl carbamates (subject to hydrolysis) is 1. The molecule has 0 bridgehead atoms. The van der Waals surface area contributed by atoms with Gasteiger partial charge in [0.15, 0.2) is 0 Å². The molecule has 1 aromatic carbocycles. The number of carbonyl (C=O) groups excluding carboxylic acids is 1. The molecule has 118 valence electrons. The zero-order valence-electron chi connectivity index (χ0n) is 13.0. The summed E-state index contributed by atoms with van der Waals surface area (Å²) in [5.41, 5.74) is 6.33. The fraction of sp³-hybridized carbons (Fsp3) is 0.533. The van der Waals surface area contributed by atoms with Gasteiger partial charge in [0, 0.05) is 18.7 Å². The second kappa shape index (κ2) is 7.17. The Morgan fingerprint density at radius 1 is 1.43 bits per heavy atom. The Labute approximate surface area is 125 Å². The summed E-state index contributed by atoms with van der Waals surface area (Å²) in [6, 6.07) is 4.58. The lowest BCUT2D eigenvalue weighted by Crippen LogP contribution is -2.41. The van der Waals surface area contributed by atoms with Gasteiger partial charge in [0.1, 0.15) is 17.1 Å². The normalized spacial score (nSPS) is 12.6. The highest BCUT2D eigenvalue weighted by molar-refractivity contribution is 5.67. The largest absolute Gasteiger partial charge is 0.508 e. The molecule has 1 atom stereocenters. The van der Waals surface area contributed by atoms with Crippen LogP contribution in [0.1, 0.15) is 26.3 Å². The van der Waals surface area contributed by atoms with E-state index in [1.54, 1.807) is 32.9 Å². The lowest BCUT2D eigenvalue weighted by Gasteiger charge is -2.21. The van der Waals surface area contributed by atoms with Crippen LogP contribution in [-0.4, -0.2) is 36.5 Å². The number of hydrogen-bond acceptors (Lipinski definition) is 5. The van der Waals surface area contributed by atoms with E-state index in [0.717, 1.165) is 5.56 Å². The molecule has 4 N–H and O–H groups in total. The summed E-state index contributed by atoms with van der Waals surface area (Å²) in [7, 11) is 1.53. The Hall–Kier alpha value is -1.95. The molecule has 1 rings (SSSR count). The molecular weight excluding hydrogens is 272 g/mol. The van der Waals surface area contributed by atoms with Crippen LogP contribution in [-0.2, 0) is 11.2 Å². The van der Waals surface area contributed by atoms with Crippen molar-refractivity contribution in [3.05, 3.63) is 23.8 Å². The molecule has 0 aliphatic rings. The van der Waals surface area contributed by atoms with Crippen LogP contribution in [0.25, 0.3) is 0 Å². The molecule has 21 heavy (non-hydrogen) atoms. The molecule has 6 nitrogen and oxygen atoms in total. The van der Waals surface area contributed by atoms with Crippen LogP contribution in [0.3, 0.4) is 0 Å². The molecule has 0 saturated heterocycles. The number of rotatable bonds is 5. The van der Waals surface area contributed by atoms with Crippen molar-refractivity contribution in [3.63, 3.8) is 0 Å². The van der Waals surface area contributed by atoms with E-state index in [2.05, 4.69) is 5.32 Å². The lowest BCUT2D eigenvalue weighted by atomic mass is 10.1. The van der Waals surface area contributed by atoms with Crippen molar-refractivity contribution in [2.75, 3.05) is 13.7 Å². The zero-order chi connectivity index (χ0) is 16.0. The third kappa shape index (κ3) is 6.35. The van der Waals surface area contributed by atoms with Gasteiger partial charge in [-0.1, -0.05) is 6.07 Å². The van der Waals surface area contributed by atoms with Crippen molar-refractivity contribution < 1.29 is 19.4 Å². The number of phenols is 1. The van der Waals surface area contributed by atoms with Crippen LogP contribution in [0.2, 0.25) is 0 Å². The maximum atomic E-state index is 11.5. The number of aromatic hydroxyl groups is 1. The highest BCUT2D eigenvalue weighted by atomic mass is 16.6. The van der Waals surface area contributed by atoms with Crippen molar-refractivity contribution in [2.24, 2.45) is 5.73 Å². The average molecular weight is 296 g/mol. The topological polar surface area (TPSA) is 93.8 Å². The Kier molecular flexibility index (Phi) is 5.84. The lowest BCUT2D eigenvalue weighted by molar-refractivity contribution is 0.0524. The predicted molar refractivity (Wildman–Crippen MR) is 80.6 cm³/mol. The summed E-state index contributed by atoms with van der Waals surface area (Å²) in [5, 5.41) is 12.0. The third-order valence-corrected chi connectivity index (χ3v) is 2.66. The molecule has 0 radical (unpaired) electrons. The van der Waals surface area contributed by atoms with E-state index in [4.69, 9.17) is 15.2 Å². The average Bonchev–Trinajstić information content (AvgIpc) is 2.36. The molecule has 1 amide bonds. The molecule has 0 aliphatic carbocycles. The van der Waals surface area contributed by atoms with Crippen LogP contribution < -0.4 is 15.8 Å². The SMILES string of the molecule is COc1cc(O)ccc1CC(N)CNC(=O)OC(C)(C)C. The second-order valence-corrected chi connectivity index (χ2v) is 5.84. The number of hydrogen-bond donors (Lipinski definition) is 3. The number of methoxy groups -OCH3 is 1. The molecule has 0 fully saturated rings. The highest BCUT2D eigenvalue weighted by Crippen LogP contribution is 2.24. The Balaban J connectivity index is 2.51. The Morgan fingerprint density at radius 2 is 2.10 bits per heavy atom. The summed E-state index contributed by atoms with van der Waals surface area (Å²) < 4.78 is 10.3. The van der Waals surface area contributed by atoms with Crippen molar-refractivity contribution in [1.82, 2.24) is 5.32 Å².